The van der Waals surface area contributed by atoms with Gasteiger partial charge in [-0.2, -0.15) is 0 Å². The van der Waals surface area contributed by atoms with Crippen LogP contribution in [0.2, 0.25) is 0 Å². The quantitative estimate of drug-likeness (QED) is 0.818. The minimum absolute atomic E-state index is 0.0665. The fraction of sp³-hybridized carbons (Fsp3) is 0.522. The molecule has 28 heavy (non-hydrogen) atoms. The monoisotopic (exact) mass is 379 g/mol. The van der Waals surface area contributed by atoms with E-state index in [0.717, 1.165) is 40.5 Å². The first-order valence-corrected chi connectivity index (χ1v) is 10.1. The highest BCUT2D eigenvalue weighted by molar-refractivity contribution is 5.69. The van der Waals surface area contributed by atoms with Gasteiger partial charge in [0, 0.05) is 61.1 Å². The topological polar surface area (TPSA) is 37.7 Å². The molecule has 2 aromatic rings. The maximum absolute atomic E-state index is 12.2. The number of aryl methyl sites for hydroxylation is 1. The van der Waals surface area contributed by atoms with Crippen molar-refractivity contribution < 1.29 is 4.74 Å². The summed E-state index contributed by atoms with van der Waals surface area (Å²) in [4.78, 5) is 17.4. The third-order valence-corrected chi connectivity index (χ3v) is 7.64. The third kappa shape index (κ3) is 2.36. The van der Waals surface area contributed by atoms with Crippen molar-refractivity contribution in [3.63, 3.8) is 0 Å². The summed E-state index contributed by atoms with van der Waals surface area (Å²) in [6.45, 7) is 7.25. The van der Waals surface area contributed by atoms with E-state index < -0.39 is 0 Å². The number of hydrogen-bond acceptors (Lipinski definition) is 4. The summed E-state index contributed by atoms with van der Waals surface area (Å²) in [6.07, 6.45) is 3.31. The van der Waals surface area contributed by atoms with Crippen molar-refractivity contribution in [2.75, 3.05) is 27.2 Å². The number of likely N-dealkylation sites (N-methyl/N-ethyl adjacent to an activating group) is 1. The lowest BCUT2D eigenvalue weighted by Gasteiger charge is -2.37. The molecule has 148 valence electrons. The van der Waals surface area contributed by atoms with Crippen molar-refractivity contribution in [2.45, 2.75) is 38.4 Å². The van der Waals surface area contributed by atoms with Crippen LogP contribution in [0.5, 0.6) is 5.75 Å². The van der Waals surface area contributed by atoms with E-state index in [2.05, 4.69) is 35.0 Å². The fourth-order valence-electron chi connectivity index (χ4n) is 5.69. The van der Waals surface area contributed by atoms with Crippen LogP contribution in [0.4, 0.5) is 0 Å². The Morgan fingerprint density at radius 3 is 2.61 bits per heavy atom. The van der Waals surface area contributed by atoms with Crippen LogP contribution in [-0.2, 0) is 13.6 Å². The van der Waals surface area contributed by atoms with Crippen LogP contribution >= 0.6 is 0 Å². The zero-order valence-electron chi connectivity index (χ0n) is 17.5. The highest BCUT2D eigenvalue weighted by atomic mass is 16.5. The van der Waals surface area contributed by atoms with E-state index in [9.17, 15) is 4.79 Å². The van der Waals surface area contributed by atoms with Crippen molar-refractivity contribution in [3.8, 4) is 16.9 Å². The third-order valence-electron chi connectivity index (χ3n) is 7.64. The van der Waals surface area contributed by atoms with Crippen LogP contribution in [0.25, 0.3) is 11.1 Å². The van der Waals surface area contributed by atoms with Crippen LogP contribution in [0.1, 0.15) is 23.1 Å². The highest BCUT2D eigenvalue weighted by Crippen LogP contribution is 2.61. The van der Waals surface area contributed by atoms with E-state index in [1.54, 1.807) is 11.7 Å². The molecule has 1 aromatic heterocycles. The largest absolute Gasteiger partial charge is 0.496 e. The normalized spacial score (nSPS) is 28.6. The number of likely N-dealkylation sites (tertiary alicyclic amines) is 2. The van der Waals surface area contributed by atoms with E-state index in [-0.39, 0.29) is 5.56 Å². The molecule has 1 unspecified atom stereocenters. The van der Waals surface area contributed by atoms with Gasteiger partial charge < -0.3 is 9.30 Å². The Hall–Kier alpha value is -2.11. The number of nitrogens with zero attached hydrogens (tertiary/aromatic N) is 3. The lowest BCUT2D eigenvalue weighted by molar-refractivity contribution is 0.0907. The first-order chi connectivity index (χ1) is 13.4. The molecule has 2 bridgehead atoms. The van der Waals surface area contributed by atoms with Gasteiger partial charge in [-0.3, -0.25) is 14.6 Å². The molecule has 2 saturated heterocycles. The van der Waals surface area contributed by atoms with E-state index in [1.807, 2.05) is 27.1 Å². The van der Waals surface area contributed by atoms with Crippen LogP contribution in [-0.4, -0.2) is 53.2 Å². The highest BCUT2D eigenvalue weighted by Gasteiger charge is 2.71. The van der Waals surface area contributed by atoms with E-state index in [1.165, 1.54) is 25.1 Å². The number of piperazine rings is 1. The zero-order valence-corrected chi connectivity index (χ0v) is 17.5. The molecule has 0 spiro atoms. The SMILES string of the molecule is COc1cc(-c2cn(C)c(=O)c(C)c2C)ccc1CN1C[C@]23C[C@H]2C1CN3C. The van der Waals surface area contributed by atoms with Crippen molar-refractivity contribution in [2.24, 2.45) is 13.0 Å². The van der Waals surface area contributed by atoms with Crippen molar-refractivity contribution in [1.82, 2.24) is 14.4 Å². The van der Waals surface area contributed by atoms with Crippen LogP contribution < -0.4 is 10.3 Å². The summed E-state index contributed by atoms with van der Waals surface area (Å²) < 4.78 is 7.44. The van der Waals surface area contributed by atoms with Gasteiger partial charge in [-0.15, -0.1) is 0 Å². The summed E-state index contributed by atoms with van der Waals surface area (Å²) >= 11 is 0. The van der Waals surface area contributed by atoms with Gasteiger partial charge >= 0.3 is 0 Å². The second kappa shape index (κ2) is 5.94. The van der Waals surface area contributed by atoms with Gasteiger partial charge in [0.25, 0.3) is 5.56 Å². The molecule has 3 fully saturated rings. The number of pyridine rings is 1. The zero-order chi connectivity index (χ0) is 19.8. The molecule has 1 aliphatic carbocycles. The summed E-state index contributed by atoms with van der Waals surface area (Å²) in [5.74, 6) is 1.81. The van der Waals surface area contributed by atoms with E-state index in [4.69, 9.17) is 4.74 Å². The standard InChI is InChI=1S/C23H29N3O2/c1-14-15(2)22(27)24(3)11-18(14)16-6-7-17(21(8-16)28-5)10-26-13-23-9-19(23)20(26)12-25(23)4/h6-8,11,19-20H,9-10,12-13H2,1-5H3/t19-,20?,23+/m0/s1. The lowest BCUT2D eigenvalue weighted by atomic mass is 9.97. The first-order valence-electron chi connectivity index (χ1n) is 10.1. The maximum atomic E-state index is 12.2. The van der Waals surface area contributed by atoms with Gasteiger partial charge in [0.05, 0.1) is 7.11 Å². The van der Waals surface area contributed by atoms with Gasteiger partial charge in [-0.1, -0.05) is 12.1 Å². The van der Waals surface area contributed by atoms with Crippen LogP contribution in [0.3, 0.4) is 0 Å². The molecule has 3 heterocycles. The predicted molar refractivity (Wildman–Crippen MR) is 111 cm³/mol. The molecule has 5 nitrogen and oxygen atoms in total. The average Bonchev–Trinajstić information content (AvgIpc) is 3.25. The van der Waals surface area contributed by atoms with Crippen molar-refractivity contribution >= 4 is 0 Å². The Morgan fingerprint density at radius 2 is 2.00 bits per heavy atom. The Morgan fingerprint density at radius 1 is 1.21 bits per heavy atom. The number of ether oxygens (including phenoxy) is 1. The number of benzene rings is 1. The van der Waals surface area contributed by atoms with Crippen LogP contribution in [0.15, 0.2) is 29.2 Å². The molecular weight excluding hydrogens is 350 g/mol. The minimum atomic E-state index is 0.0665. The van der Waals surface area contributed by atoms with Crippen molar-refractivity contribution in [1.29, 1.82) is 0 Å². The Balaban J connectivity index is 1.45. The molecule has 1 saturated carbocycles. The van der Waals surface area contributed by atoms with E-state index >= 15 is 0 Å². The number of piperidine rings is 2. The lowest BCUT2D eigenvalue weighted by Crippen LogP contribution is -2.49. The second-order valence-electron chi connectivity index (χ2n) is 9.00. The summed E-state index contributed by atoms with van der Waals surface area (Å²) in [5, 5.41) is 0. The Bertz CT molecular complexity index is 1030. The molecule has 0 N–H and O–H groups in total. The number of methoxy groups -OCH3 is 1. The molecule has 5 rings (SSSR count). The molecule has 2 aliphatic heterocycles. The maximum Gasteiger partial charge on any atom is 0.253 e. The molecule has 1 aromatic carbocycles. The van der Waals surface area contributed by atoms with Gasteiger partial charge in [-0.25, -0.2) is 0 Å². The Labute approximate surface area is 166 Å². The Kier molecular flexibility index (Phi) is 3.81. The van der Waals surface area contributed by atoms with Crippen molar-refractivity contribution in [3.05, 3.63) is 51.4 Å². The first kappa shape index (κ1) is 18.0. The molecule has 5 heteroatoms. The molecule has 0 amide bonds. The summed E-state index contributed by atoms with van der Waals surface area (Å²) in [5.41, 5.74) is 5.82. The summed E-state index contributed by atoms with van der Waals surface area (Å²) in [7, 11) is 5.85. The van der Waals surface area contributed by atoms with Crippen LogP contribution in [0, 0.1) is 19.8 Å². The molecule has 3 aliphatic rings. The molecule has 0 radical (unpaired) electrons. The minimum Gasteiger partial charge on any atom is -0.496 e. The van der Waals surface area contributed by atoms with E-state index in [0.29, 0.717) is 11.6 Å². The predicted octanol–water partition coefficient (Wildman–Crippen LogP) is 2.57. The number of rotatable bonds is 4. The fourth-order valence-corrected chi connectivity index (χ4v) is 5.69. The second-order valence-corrected chi connectivity index (χ2v) is 9.00. The number of hydrogen-bond donors (Lipinski definition) is 0. The van der Waals surface area contributed by atoms with Gasteiger partial charge in [-0.05, 0) is 50.4 Å². The van der Waals surface area contributed by atoms with Gasteiger partial charge in [0.15, 0.2) is 0 Å². The smallest absolute Gasteiger partial charge is 0.253 e. The average molecular weight is 380 g/mol. The number of aromatic nitrogens is 1. The molecular formula is C23H29N3O2. The molecule has 3 atom stereocenters. The van der Waals surface area contributed by atoms with Gasteiger partial charge in [0.2, 0.25) is 0 Å². The summed E-state index contributed by atoms with van der Waals surface area (Å²) in [6, 6.07) is 7.19. The van der Waals surface area contributed by atoms with Gasteiger partial charge in [0.1, 0.15) is 5.75 Å².